The van der Waals surface area contributed by atoms with Crippen molar-refractivity contribution in [3.8, 4) is 0 Å². The second kappa shape index (κ2) is 12.2. The van der Waals surface area contributed by atoms with E-state index in [1.54, 1.807) is 0 Å². The lowest BCUT2D eigenvalue weighted by Crippen LogP contribution is -2.44. The van der Waals surface area contributed by atoms with E-state index in [1.165, 1.54) is 24.6 Å². The van der Waals surface area contributed by atoms with Gasteiger partial charge < -0.3 is 10.2 Å². The van der Waals surface area contributed by atoms with Gasteiger partial charge in [0.1, 0.15) is 11.6 Å². The summed E-state index contributed by atoms with van der Waals surface area (Å²) in [6, 6.07) is 7.68. The molecule has 0 saturated carbocycles. The maximum Gasteiger partial charge on any atom is 0.227 e. The molecule has 0 aromatic heterocycles. The van der Waals surface area contributed by atoms with Crippen molar-refractivity contribution >= 4 is 23.4 Å². The Morgan fingerprint density at radius 3 is 2.33 bits per heavy atom. The molecular weight excluding hydrogens is 532 g/mol. The Bertz CT molecular complexity index is 1250. The number of carbonyl (C=O) groups is 2. The van der Waals surface area contributed by atoms with E-state index in [9.17, 15) is 18.4 Å². The summed E-state index contributed by atoms with van der Waals surface area (Å²) in [4.78, 5) is 30.0. The number of halogens is 3. The van der Waals surface area contributed by atoms with Crippen LogP contribution in [0.4, 0.5) is 8.78 Å². The van der Waals surface area contributed by atoms with Gasteiger partial charge in [0.2, 0.25) is 11.8 Å². The second-order valence-electron chi connectivity index (χ2n) is 12.4. The highest BCUT2D eigenvalue weighted by Crippen LogP contribution is 2.41. The quantitative estimate of drug-likeness (QED) is 0.417. The summed E-state index contributed by atoms with van der Waals surface area (Å²) < 4.78 is 28.6. The van der Waals surface area contributed by atoms with Gasteiger partial charge in [0.25, 0.3) is 0 Å². The molecule has 2 amide bonds. The summed E-state index contributed by atoms with van der Waals surface area (Å²) >= 11 is 6.51. The number of amides is 2. The average molecular weight is 574 g/mol. The zero-order valence-electron chi connectivity index (χ0n) is 24.5. The molecule has 2 fully saturated rings. The number of aryl methyl sites for hydroxylation is 1. The SMILES string of the molecule is CC[C@@H](NC(C)=O)c1cc(Cl)c(C)cc1C1CCN(C(=O)C2CN(C(C)(C)C)C[C@H]2c2ccc(F)cc2F)CC1. The summed E-state index contributed by atoms with van der Waals surface area (Å²) in [5, 5.41) is 3.74. The molecule has 2 aromatic carbocycles. The average Bonchev–Trinajstić information content (AvgIpc) is 3.34. The fourth-order valence-corrected chi connectivity index (χ4v) is 6.56. The zero-order chi connectivity index (χ0) is 29.4. The molecule has 3 atom stereocenters. The molecule has 0 bridgehead atoms. The van der Waals surface area contributed by atoms with E-state index in [2.05, 4.69) is 37.1 Å². The maximum atomic E-state index is 14.9. The van der Waals surface area contributed by atoms with Gasteiger partial charge in [-0.1, -0.05) is 30.7 Å². The summed E-state index contributed by atoms with van der Waals surface area (Å²) in [6.07, 6.45) is 2.33. The summed E-state index contributed by atoms with van der Waals surface area (Å²) in [6.45, 7) is 14.1. The third-order valence-corrected chi connectivity index (χ3v) is 9.13. The Hall–Kier alpha value is -2.51. The number of likely N-dealkylation sites (tertiary alicyclic amines) is 2. The van der Waals surface area contributed by atoms with E-state index < -0.39 is 17.6 Å². The largest absolute Gasteiger partial charge is 0.350 e. The molecule has 40 heavy (non-hydrogen) atoms. The first kappa shape index (κ1) is 30.4. The predicted molar refractivity (Wildman–Crippen MR) is 156 cm³/mol. The van der Waals surface area contributed by atoms with E-state index in [-0.39, 0.29) is 35.2 Å². The number of hydrogen-bond donors (Lipinski definition) is 1. The van der Waals surface area contributed by atoms with Crippen molar-refractivity contribution in [1.29, 1.82) is 0 Å². The number of nitrogens with zero attached hydrogens (tertiary/aromatic N) is 2. The van der Waals surface area contributed by atoms with Crippen molar-refractivity contribution in [2.45, 2.75) is 84.2 Å². The monoisotopic (exact) mass is 573 g/mol. The van der Waals surface area contributed by atoms with Gasteiger partial charge in [-0.3, -0.25) is 14.5 Å². The minimum Gasteiger partial charge on any atom is -0.350 e. The Balaban J connectivity index is 1.55. The smallest absolute Gasteiger partial charge is 0.227 e. The minimum absolute atomic E-state index is 0.0381. The van der Waals surface area contributed by atoms with Gasteiger partial charge in [0, 0.05) is 55.6 Å². The number of piperidine rings is 1. The van der Waals surface area contributed by atoms with Crippen LogP contribution in [-0.2, 0) is 9.59 Å². The highest BCUT2D eigenvalue weighted by molar-refractivity contribution is 6.31. The summed E-state index contributed by atoms with van der Waals surface area (Å²) in [7, 11) is 0. The van der Waals surface area contributed by atoms with E-state index in [1.807, 2.05) is 24.8 Å². The van der Waals surface area contributed by atoms with Crippen molar-refractivity contribution in [1.82, 2.24) is 15.1 Å². The highest BCUT2D eigenvalue weighted by atomic mass is 35.5. The second-order valence-corrected chi connectivity index (χ2v) is 12.9. The van der Waals surface area contributed by atoms with Gasteiger partial charge in [0.15, 0.2) is 0 Å². The van der Waals surface area contributed by atoms with Gasteiger partial charge >= 0.3 is 0 Å². The van der Waals surface area contributed by atoms with Crippen LogP contribution in [0.3, 0.4) is 0 Å². The first-order valence-corrected chi connectivity index (χ1v) is 14.7. The molecule has 1 unspecified atom stereocenters. The highest BCUT2D eigenvalue weighted by Gasteiger charge is 2.44. The molecule has 2 saturated heterocycles. The van der Waals surface area contributed by atoms with E-state index >= 15 is 0 Å². The zero-order valence-corrected chi connectivity index (χ0v) is 25.2. The van der Waals surface area contributed by atoms with Crippen LogP contribution in [0.5, 0.6) is 0 Å². The number of rotatable bonds is 6. The van der Waals surface area contributed by atoms with E-state index in [0.717, 1.165) is 36.5 Å². The molecule has 1 N–H and O–H groups in total. The van der Waals surface area contributed by atoms with Crippen LogP contribution in [0.15, 0.2) is 30.3 Å². The third-order valence-electron chi connectivity index (χ3n) is 8.72. The Kier molecular flexibility index (Phi) is 9.25. The van der Waals surface area contributed by atoms with Gasteiger partial charge in [-0.15, -0.1) is 0 Å². The number of hydrogen-bond acceptors (Lipinski definition) is 3. The van der Waals surface area contributed by atoms with Crippen LogP contribution in [0.2, 0.25) is 5.02 Å². The van der Waals surface area contributed by atoms with Crippen molar-refractivity contribution in [2.24, 2.45) is 5.92 Å². The maximum absolute atomic E-state index is 14.9. The molecule has 4 rings (SSSR count). The van der Waals surface area contributed by atoms with Gasteiger partial charge in [-0.25, -0.2) is 8.78 Å². The Morgan fingerprint density at radius 2 is 1.75 bits per heavy atom. The molecule has 8 heteroatoms. The molecule has 218 valence electrons. The normalized spacial score (nSPS) is 21.5. The van der Waals surface area contributed by atoms with Gasteiger partial charge in [0.05, 0.1) is 12.0 Å². The lowest BCUT2D eigenvalue weighted by atomic mass is 9.82. The van der Waals surface area contributed by atoms with Crippen LogP contribution >= 0.6 is 11.6 Å². The molecule has 0 spiro atoms. The van der Waals surface area contributed by atoms with Crippen molar-refractivity contribution in [2.75, 3.05) is 26.2 Å². The van der Waals surface area contributed by atoms with Crippen molar-refractivity contribution in [3.05, 3.63) is 69.2 Å². The summed E-state index contributed by atoms with van der Waals surface area (Å²) in [5.74, 6) is -1.74. The standard InChI is InChI=1S/C32H42ClF2N3O2/c1-7-30(36-20(3)39)25-16-28(33)19(2)14-24(25)21-10-12-37(13-11-21)31(40)27-18-38(32(4,5)6)17-26(27)23-9-8-22(34)15-29(23)35/h8-9,14-16,21,26-27,30H,7,10-13,17-18H2,1-6H3,(H,36,39)/t26-,27?,30+/m0/s1. The van der Waals surface area contributed by atoms with Gasteiger partial charge in [-0.05, 0) is 87.3 Å². The third kappa shape index (κ3) is 6.52. The lowest BCUT2D eigenvalue weighted by molar-refractivity contribution is -0.136. The molecular formula is C32H42ClF2N3O2. The first-order chi connectivity index (χ1) is 18.8. The number of benzene rings is 2. The molecule has 2 aromatic rings. The predicted octanol–water partition coefficient (Wildman–Crippen LogP) is 6.73. The molecule has 2 aliphatic rings. The molecule has 2 heterocycles. The van der Waals surface area contributed by atoms with Crippen molar-refractivity contribution < 1.29 is 18.4 Å². The topological polar surface area (TPSA) is 52.7 Å². The molecule has 0 radical (unpaired) electrons. The number of nitrogens with one attached hydrogen (secondary N) is 1. The van der Waals surface area contributed by atoms with Crippen LogP contribution in [-0.4, -0.2) is 53.3 Å². The minimum atomic E-state index is -0.613. The summed E-state index contributed by atoms with van der Waals surface area (Å²) in [5.41, 5.74) is 3.45. The molecule has 2 aliphatic heterocycles. The lowest BCUT2D eigenvalue weighted by Gasteiger charge is -2.36. The Labute approximate surface area is 242 Å². The Morgan fingerprint density at radius 1 is 1.07 bits per heavy atom. The van der Waals surface area contributed by atoms with Gasteiger partial charge in [-0.2, -0.15) is 0 Å². The van der Waals surface area contributed by atoms with E-state index in [4.69, 9.17) is 11.6 Å². The van der Waals surface area contributed by atoms with Crippen LogP contribution in [0.25, 0.3) is 0 Å². The van der Waals surface area contributed by atoms with Crippen LogP contribution in [0.1, 0.15) is 94.0 Å². The first-order valence-electron chi connectivity index (χ1n) is 14.4. The van der Waals surface area contributed by atoms with Crippen LogP contribution in [0, 0.1) is 24.5 Å². The fraction of sp³-hybridized carbons (Fsp3) is 0.562. The van der Waals surface area contributed by atoms with E-state index in [0.29, 0.717) is 36.8 Å². The molecule has 5 nitrogen and oxygen atoms in total. The van der Waals surface area contributed by atoms with Crippen molar-refractivity contribution in [3.63, 3.8) is 0 Å². The molecule has 0 aliphatic carbocycles. The fourth-order valence-electron chi connectivity index (χ4n) is 6.38. The number of carbonyl (C=O) groups excluding carboxylic acids is 2. The van der Waals surface area contributed by atoms with Crippen LogP contribution < -0.4 is 5.32 Å².